The van der Waals surface area contributed by atoms with Crippen molar-refractivity contribution in [2.75, 3.05) is 0 Å². The van der Waals surface area contributed by atoms with Gasteiger partial charge in [-0.2, -0.15) is 21.0 Å². The minimum Gasteiger partial charge on any atom is -0.434 e. The van der Waals surface area contributed by atoms with Crippen LogP contribution in [0, 0.1) is 45.3 Å². The van der Waals surface area contributed by atoms with Crippen molar-refractivity contribution in [2.24, 2.45) is 0 Å². The summed E-state index contributed by atoms with van der Waals surface area (Å²) in [5, 5.41) is 37.3. The Morgan fingerprint density at radius 3 is 1.22 bits per heavy atom. The van der Waals surface area contributed by atoms with E-state index in [2.05, 4.69) is 9.97 Å². The number of benzene rings is 2. The van der Waals surface area contributed by atoms with Gasteiger partial charge in [0.15, 0.2) is 11.5 Å². The van der Waals surface area contributed by atoms with E-state index in [0.29, 0.717) is 22.5 Å². The molecule has 0 N–H and O–H groups in total. The predicted octanol–water partition coefficient (Wildman–Crippen LogP) is 4.93. The number of oxazole rings is 2. The maximum atomic E-state index is 9.31. The van der Waals surface area contributed by atoms with Crippen molar-refractivity contribution in [3.05, 3.63) is 72.4 Å². The SMILES string of the molecule is N#CC(C#N)c1nc(-c2ccccc2)c(-c2oc(C(C#N)C#N)nc2-c2ccccc2)o1. The van der Waals surface area contributed by atoms with Gasteiger partial charge in [0, 0.05) is 11.1 Å². The Labute approximate surface area is 182 Å². The predicted molar refractivity (Wildman–Crippen MR) is 111 cm³/mol. The molecule has 2 heterocycles. The van der Waals surface area contributed by atoms with Gasteiger partial charge in [-0.05, 0) is 0 Å². The molecule has 0 atom stereocenters. The highest BCUT2D eigenvalue weighted by atomic mass is 16.4. The van der Waals surface area contributed by atoms with Gasteiger partial charge in [0.1, 0.15) is 11.4 Å². The first-order chi connectivity index (χ1) is 15.7. The zero-order valence-corrected chi connectivity index (χ0v) is 16.4. The summed E-state index contributed by atoms with van der Waals surface area (Å²) in [6, 6.07) is 25.5. The number of nitrogens with zero attached hydrogens (tertiary/aromatic N) is 6. The van der Waals surface area contributed by atoms with E-state index in [9.17, 15) is 21.0 Å². The average Bonchev–Trinajstić information content (AvgIpc) is 3.47. The second-order valence-corrected chi connectivity index (χ2v) is 6.57. The van der Waals surface area contributed by atoms with Crippen molar-refractivity contribution in [2.45, 2.75) is 11.8 Å². The molecule has 0 aliphatic heterocycles. The normalized spacial score (nSPS) is 10.3. The highest BCUT2D eigenvalue weighted by Gasteiger charge is 2.30. The smallest absolute Gasteiger partial charge is 0.227 e. The van der Waals surface area contributed by atoms with Crippen LogP contribution in [0.5, 0.6) is 0 Å². The molecule has 0 amide bonds. The molecular weight excluding hydrogens is 404 g/mol. The Kier molecular flexibility index (Phi) is 5.45. The van der Waals surface area contributed by atoms with Crippen LogP contribution in [0.4, 0.5) is 0 Å². The highest BCUT2D eigenvalue weighted by Crippen LogP contribution is 2.41. The summed E-state index contributed by atoms with van der Waals surface area (Å²) < 4.78 is 11.7. The second-order valence-electron chi connectivity index (χ2n) is 6.57. The van der Waals surface area contributed by atoms with Crippen molar-refractivity contribution in [1.29, 1.82) is 21.0 Å². The van der Waals surface area contributed by atoms with E-state index in [0.717, 1.165) is 0 Å². The van der Waals surface area contributed by atoms with Crippen LogP contribution in [-0.2, 0) is 0 Å². The molecule has 0 spiro atoms. The quantitative estimate of drug-likeness (QED) is 0.445. The molecule has 32 heavy (non-hydrogen) atoms. The Morgan fingerprint density at radius 2 is 0.906 bits per heavy atom. The summed E-state index contributed by atoms with van der Waals surface area (Å²) in [6.45, 7) is 0. The lowest BCUT2D eigenvalue weighted by molar-refractivity contribution is 0.466. The van der Waals surface area contributed by atoms with Crippen molar-refractivity contribution >= 4 is 0 Å². The van der Waals surface area contributed by atoms with Gasteiger partial charge in [-0.25, -0.2) is 9.97 Å². The number of aromatic nitrogens is 2. The minimum absolute atomic E-state index is 0.0852. The zero-order valence-electron chi connectivity index (χ0n) is 16.4. The second kappa shape index (κ2) is 8.67. The van der Waals surface area contributed by atoms with Crippen LogP contribution < -0.4 is 0 Å². The topological polar surface area (TPSA) is 147 Å². The molecular formula is C24H12N6O2. The van der Waals surface area contributed by atoms with Gasteiger partial charge in [0.2, 0.25) is 23.6 Å². The van der Waals surface area contributed by atoms with Crippen molar-refractivity contribution in [1.82, 2.24) is 9.97 Å². The lowest BCUT2D eigenvalue weighted by Crippen LogP contribution is -1.91. The third kappa shape index (κ3) is 3.57. The van der Waals surface area contributed by atoms with E-state index in [1.807, 2.05) is 60.7 Å². The van der Waals surface area contributed by atoms with E-state index < -0.39 is 11.8 Å². The fourth-order valence-electron chi connectivity index (χ4n) is 3.09. The van der Waals surface area contributed by atoms with Gasteiger partial charge in [-0.15, -0.1) is 0 Å². The molecule has 2 aromatic carbocycles. The molecule has 150 valence electrons. The number of hydrogen-bond acceptors (Lipinski definition) is 8. The summed E-state index contributed by atoms with van der Waals surface area (Å²) in [6.07, 6.45) is 0. The molecule has 0 fully saturated rings. The molecule has 0 aliphatic rings. The largest absolute Gasteiger partial charge is 0.434 e. The van der Waals surface area contributed by atoms with Crippen LogP contribution in [0.1, 0.15) is 23.6 Å². The van der Waals surface area contributed by atoms with E-state index in [4.69, 9.17) is 8.83 Å². The Morgan fingerprint density at radius 1 is 0.562 bits per heavy atom. The molecule has 0 saturated heterocycles. The fraction of sp³-hybridized carbons (Fsp3) is 0.0833. The van der Waals surface area contributed by atoms with Crippen LogP contribution in [0.2, 0.25) is 0 Å². The summed E-state index contributed by atoms with van der Waals surface area (Å²) >= 11 is 0. The summed E-state index contributed by atoms with van der Waals surface area (Å²) in [5.41, 5.74) is 2.03. The highest BCUT2D eigenvalue weighted by molar-refractivity contribution is 5.82. The van der Waals surface area contributed by atoms with Crippen LogP contribution in [-0.4, -0.2) is 9.97 Å². The first-order valence-corrected chi connectivity index (χ1v) is 9.41. The monoisotopic (exact) mass is 416 g/mol. The zero-order chi connectivity index (χ0) is 22.5. The maximum Gasteiger partial charge on any atom is 0.227 e. The fourth-order valence-corrected chi connectivity index (χ4v) is 3.09. The molecule has 0 unspecified atom stereocenters. The van der Waals surface area contributed by atoms with Gasteiger partial charge < -0.3 is 8.83 Å². The molecule has 4 aromatic rings. The first kappa shape index (κ1) is 20.1. The summed E-state index contributed by atoms with van der Waals surface area (Å²) in [7, 11) is 0. The van der Waals surface area contributed by atoms with Crippen molar-refractivity contribution < 1.29 is 8.83 Å². The van der Waals surface area contributed by atoms with Gasteiger partial charge in [-0.3, -0.25) is 0 Å². The van der Waals surface area contributed by atoms with E-state index in [1.165, 1.54) is 0 Å². The van der Waals surface area contributed by atoms with Crippen LogP contribution in [0.3, 0.4) is 0 Å². The lowest BCUT2D eigenvalue weighted by atomic mass is 10.1. The average molecular weight is 416 g/mol. The molecule has 8 nitrogen and oxygen atoms in total. The first-order valence-electron chi connectivity index (χ1n) is 9.41. The minimum atomic E-state index is -1.22. The number of hydrogen-bond donors (Lipinski definition) is 0. The molecule has 8 heteroatoms. The molecule has 4 rings (SSSR count). The maximum absolute atomic E-state index is 9.31. The van der Waals surface area contributed by atoms with Gasteiger partial charge in [0.25, 0.3) is 0 Å². The molecule has 0 bridgehead atoms. The van der Waals surface area contributed by atoms with Crippen LogP contribution >= 0.6 is 0 Å². The third-order valence-corrected chi connectivity index (χ3v) is 4.60. The van der Waals surface area contributed by atoms with E-state index in [1.54, 1.807) is 24.3 Å². The van der Waals surface area contributed by atoms with Crippen LogP contribution in [0.15, 0.2) is 69.5 Å². The molecule has 0 aliphatic carbocycles. The summed E-state index contributed by atoms with van der Waals surface area (Å²) in [4.78, 5) is 8.80. The van der Waals surface area contributed by atoms with Gasteiger partial charge >= 0.3 is 0 Å². The third-order valence-electron chi connectivity index (χ3n) is 4.60. The van der Waals surface area contributed by atoms with Crippen molar-refractivity contribution in [3.8, 4) is 58.3 Å². The Hall–Kier alpha value is -5.18. The summed E-state index contributed by atoms with van der Waals surface area (Å²) in [5.74, 6) is -2.32. The van der Waals surface area contributed by atoms with E-state index in [-0.39, 0.29) is 23.3 Å². The Bertz CT molecular complexity index is 1290. The number of nitriles is 4. The molecule has 2 aromatic heterocycles. The van der Waals surface area contributed by atoms with Gasteiger partial charge in [-0.1, -0.05) is 60.7 Å². The van der Waals surface area contributed by atoms with Crippen molar-refractivity contribution in [3.63, 3.8) is 0 Å². The van der Waals surface area contributed by atoms with E-state index >= 15 is 0 Å². The Balaban J connectivity index is 2.01. The molecule has 0 saturated carbocycles. The van der Waals surface area contributed by atoms with Crippen LogP contribution in [0.25, 0.3) is 34.0 Å². The van der Waals surface area contributed by atoms with Gasteiger partial charge in [0.05, 0.1) is 24.3 Å². The molecule has 0 radical (unpaired) electrons. The lowest BCUT2D eigenvalue weighted by Gasteiger charge is -2.01. The number of rotatable bonds is 5. The standard InChI is InChI=1S/C24H12N6O2/c25-11-17(12-26)23-29-19(15-7-3-1-4-8-15)21(31-23)22-20(16-9-5-2-6-10-16)30-24(32-22)18(13-27)14-28/h1-10,17-18H.